The summed E-state index contributed by atoms with van der Waals surface area (Å²) in [5.74, 6) is 0. The van der Waals surface area contributed by atoms with Crippen LogP contribution < -0.4 is 0 Å². The molecule has 0 heterocycles. The average molecular weight is 287 g/mol. The van der Waals surface area contributed by atoms with E-state index < -0.39 is 5.41 Å². The van der Waals surface area contributed by atoms with Gasteiger partial charge in [-0.2, -0.15) is 0 Å². The van der Waals surface area contributed by atoms with Gasteiger partial charge in [0.15, 0.2) is 0 Å². The Morgan fingerprint density at radius 1 is 1.16 bits per heavy atom. The van der Waals surface area contributed by atoms with E-state index in [0.29, 0.717) is 18.1 Å². The molecule has 1 rings (SSSR count). The molecule has 0 atom stereocenters. The van der Waals surface area contributed by atoms with Crippen molar-refractivity contribution in [1.82, 2.24) is 0 Å². The monoisotopic (exact) mass is 286 g/mol. The van der Waals surface area contributed by atoms with Crippen LogP contribution in [0.3, 0.4) is 0 Å². The van der Waals surface area contributed by atoms with E-state index in [1.807, 2.05) is 32.9 Å². The van der Waals surface area contributed by atoms with Crippen LogP contribution >= 0.6 is 11.6 Å². The van der Waals surface area contributed by atoms with E-state index in [-0.39, 0.29) is 18.8 Å². The normalized spacial score (nSPS) is 12.7. The standard InChI is InChI=1S/C15H23ClO3/c1-14(2,3)19-8-7-15(10-17,11-18)12-5-4-6-13(16)9-12/h4-6,9,17-18H,7-8,10-11H2,1-3H3. The molecule has 0 amide bonds. The Bertz CT molecular complexity index is 395. The van der Waals surface area contributed by atoms with Gasteiger partial charge in [0, 0.05) is 17.0 Å². The second-order valence-electron chi connectivity index (χ2n) is 5.82. The average Bonchev–Trinajstić information content (AvgIpc) is 2.34. The number of aliphatic hydroxyl groups is 2. The molecule has 108 valence electrons. The van der Waals surface area contributed by atoms with Gasteiger partial charge in [-0.1, -0.05) is 23.7 Å². The van der Waals surface area contributed by atoms with Crippen molar-refractivity contribution in [1.29, 1.82) is 0 Å². The minimum absolute atomic E-state index is 0.142. The van der Waals surface area contributed by atoms with Crippen molar-refractivity contribution in [3.63, 3.8) is 0 Å². The van der Waals surface area contributed by atoms with E-state index in [4.69, 9.17) is 16.3 Å². The molecule has 0 saturated heterocycles. The van der Waals surface area contributed by atoms with Gasteiger partial charge in [-0.05, 0) is 44.9 Å². The van der Waals surface area contributed by atoms with Gasteiger partial charge >= 0.3 is 0 Å². The lowest BCUT2D eigenvalue weighted by Crippen LogP contribution is -2.37. The van der Waals surface area contributed by atoms with Crippen molar-refractivity contribution >= 4 is 11.6 Å². The summed E-state index contributed by atoms with van der Waals surface area (Å²) in [6.45, 7) is 6.12. The van der Waals surface area contributed by atoms with Gasteiger partial charge in [-0.3, -0.25) is 0 Å². The molecule has 2 N–H and O–H groups in total. The van der Waals surface area contributed by atoms with E-state index in [1.54, 1.807) is 12.1 Å². The lowest BCUT2D eigenvalue weighted by molar-refractivity contribution is -0.0218. The first-order valence-electron chi connectivity index (χ1n) is 6.45. The molecule has 0 aliphatic heterocycles. The highest BCUT2D eigenvalue weighted by Gasteiger charge is 2.31. The van der Waals surface area contributed by atoms with Gasteiger partial charge in [-0.25, -0.2) is 0 Å². The summed E-state index contributed by atoms with van der Waals surface area (Å²) >= 11 is 5.98. The van der Waals surface area contributed by atoms with Gasteiger partial charge < -0.3 is 14.9 Å². The highest BCUT2D eigenvalue weighted by atomic mass is 35.5. The minimum atomic E-state index is -0.712. The zero-order chi connectivity index (χ0) is 14.5. The number of hydrogen-bond acceptors (Lipinski definition) is 3. The molecule has 0 aliphatic rings. The van der Waals surface area contributed by atoms with E-state index >= 15 is 0 Å². The maximum atomic E-state index is 9.69. The summed E-state index contributed by atoms with van der Waals surface area (Å²) in [5.41, 5.74) is -0.108. The third-order valence-electron chi connectivity index (χ3n) is 3.16. The largest absolute Gasteiger partial charge is 0.395 e. The van der Waals surface area contributed by atoms with Crippen molar-refractivity contribution < 1.29 is 14.9 Å². The highest BCUT2D eigenvalue weighted by molar-refractivity contribution is 6.30. The molecule has 1 aromatic carbocycles. The molecule has 0 aromatic heterocycles. The molecule has 0 aliphatic carbocycles. The van der Waals surface area contributed by atoms with Crippen LogP contribution in [0.1, 0.15) is 32.8 Å². The van der Waals surface area contributed by atoms with Crippen molar-refractivity contribution in [3.05, 3.63) is 34.9 Å². The third-order valence-corrected chi connectivity index (χ3v) is 3.39. The molecular formula is C15H23ClO3. The molecule has 0 radical (unpaired) electrons. The van der Waals surface area contributed by atoms with Crippen molar-refractivity contribution in [2.45, 2.75) is 38.2 Å². The van der Waals surface area contributed by atoms with Gasteiger partial charge in [0.2, 0.25) is 0 Å². The summed E-state index contributed by atoms with van der Waals surface area (Å²) < 4.78 is 5.69. The fourth-order valence-electron chi connectivity index (χ4n) is 1.91. The summed E-state index contributed by atoms with van der Waals surface area (Å²) in [6, 6.07) is 7.25. The predicted octanol–water partition coefficient (Wildman–Crippen LogP) is 2.77. The van der Waals surface area contributed by atoms with Crippen molar-refractivity contribution in [2.24, 2.45) is 0 Å². The van der Waals surface area contributed by atoms with Crippen LogP contribution in [-0.2, 0) is 10.2 Å². The van der Waals surface area contributed by atoms with Crippen LogP contribution in [0.15, 0.2) is 24.3 Å². The first-order valence-corrected chi connectivity index (χ1v) is 6.82. The molecule has 0 unspecified atom stereocenters. The first kappa shape index (κ1) is 16.4. The van der Waals surface area contributed by atoms with Gasteiger partial charge in [0.05, 0.1) is 18.8 Å². The molecule has 0 fully saturated rings. The van der Waals surface area contributed by atoms with Crippen LogP contribution in [0.5, 0.6) is 0 Å². The third kappa shape index (κ3) is 4.77. The molecular weight excluding hydrogens is 264 g/mol. The molecule has 1 aromatic rings. The smallest absolute Gasteiger partial charge is 0.0598 e. The van der Waals surface area contributed by atoms with Crippen LogP contribution in [-0.4, -0.2) is 35.6 Å². The summed E-state index contributed by atoms with van der Waals surface area (Å²) in [5, 5.41) is 20.0. The topological polar surface area (TPSA) is 49.7 Å². The second kappa shape index (κ2) is 6.71. The van der Waals surface area contributed by atoms with Crippen LogP contribution in [0.25, 0.3) is 0 Å². The number of benzene rings is 1. The maximum Gasteiger partial charge on any atom is 0.0598 e. The summed E-state index contributed by atoms with van der Waals surface area (Å²) in [7, 11) is 0. The maximum absolute atomic E-state index is 9.69. The van der Waals surface area contributed by atoms with E-state index in [0.717, 1.165) is 5.56 Å². The van der Waals surface area contributed by atoms with Gasteiger partial charge in [-0.15, -0.1) is 0 Å². The number of aliphatic hydroxyl groups excluding tert-OH is 2. The second-order valence-corrected chi connectivity index (χ2v) is 6.25. The Morgan fingerprint density at radius 3 is 2.26 bits per heavy atom. The van der Waals surface area contributed by atoms with Gasteiger partial charge in [0.25, 0.3) is 0 Å². The number of ether oxygens (including phenoxy) is 1. The Balaban J connectivity index is 2.85. The number of rotatable bonds is 6. The number of hydrogen-bond donors (Lipinski definition) is 2. The summed E-state index contributed by atoms with van der Waals surface area (Å²) in [4.78, 5) is 0. The Morgan fingerprint density at radius 2 is 1.79 bits per heavy atom. The molecule has 0 spiro atoms. The van der Waals surface area contributed by atoms with Crippen molar-refractivity contribution in [3.8, 4) is 0 Å². The van der Waals surface area contributed by atoms with E-state index in [1.165, 1.54) is 0 Å². The zero-order valence-electron chi connectivity index (χ0n) is 11.8. The molecule has 19 heavy (non-hydrogen) atoms. The predicted molar refractivity (Wildman–Crippen MR) is 77.6 cm³/mol. The molecule has 3 nitrogen and oxygen atoms in total. The van der Waals surface area contributed by atoms with E-state index in [2.05, 4.69) is 0 Å². The summed E-state index contributed by atoms with van der Waals surface area (Å²) in [6.07, 6.45) is 0.539. The quantitative estimate of drug-likeness (QED) is 0.845. The van der Waals surface area contributed by atoms with E-state index in [9.17, 15) is 10.2 Å². The number of halogens is 1. The zero-order valence-corrected chi connectivity index (χ0v) is 12.6. The van der Waals surface area contributed by atoms with Gasteiger partial charge in [0.1, 0.15) is 0 Å². The fraction of sp³-hybridized carbons (Fsp3) is 0.600. The lowest BCUT2D eigenvalue weighted by Gasteiger charge is -2.32. The first-order chi connectivity index (χ1) is 8.83. The van der Waals surface area contributed by atoms with Crippen LogP contribution in [0.2, 0.25) is 5.02 Å². The fourth-order valence-corrected chi connectivity index (χ4v) is 2.10. The Labute approximate surface area is 120 Å². The van der Waals surface area contributed by atoms with Crippen LogP contribution in [0.4, 0.5) is 0 Å². The molecule has 4 heteroatoms. The SMILES string of the molecule is CC(C)(C)OCCC(CO)(CO)c1cccc(Cl)c1. The molecule has 0 bridgehead atoms. The Kier molecular flexibility index (Phi) is 5.81. The molecule has 0 saturated carbocycles. The highest BCUT2D eigenvalue weighted by Crippen LogP contribution is 2.29. The van der Waals surface area contributed by atoms with Crippen molar-refractivity contribution in [2.75, 3.05) is 19.8 Å². The Hall–Kier alpha value is -0.610. The van der Waals surface area contributed by atoms with Crippen LogP contribution in [0, 0.1) is 0 Å². The minimum Gasteiger partial charge on any atom is -0.395 e. The lowest BCUT2D eigenvalue weighted by atomic mass is 9.79.